The highest BCUT2D eigenvalue weighted by Gasteiger charge is 2.33. The molecule has 0 aromatic carbocycles. The maximum Gasteiger partial charge on any atom is 0.123 e. The molecule has 1 atom stereocenters. The van der Waals surface area contributed by atoms with Crippen LogP contribution in [0.4, 0.5) is 5.82 Å². The van der Waals surface area contributed by atoms with E-state index in [-0.39, 0.29) is 11.0 Å². The van der Waals surface area contributed by atoms with Gasteiger partial charge in [-0.1, -0.05) is 25.7 Å². The van der Waals surface area contributed by atoms with Gasteiger partial charge in [0, 0.05) is 40.3 Å². The predicted octanol–water partition coefficient (Wildman–Crippen LogP) is 4.40. The van der Waals surface area contributed by atoms with Crippen LogP contribution >= 0.6 is 0 Å². The van der Waals surface area contributed by atoms with Gasteiger partial charge in [-0.15, -0.1) is 0 Å². The van der Waals surface area contributed by atoms with E-state index < -0.39 is 0 Å². The summed E-state index contributed by atoms with van der Waals surface area (Å²) < 4.78 is 0. The molecule has 4 nitrogen and oxygen atoms in total. The average Bonchev–Trinajstić information content (AvgIpc) is 2.61. The van der Waals surface area contributed by atoms with Crippen molar-refractivity contribution < 1.29 is 0 Å². The van der Waals surface area contributed by atoms with Gasteiger partial charge >= 0.3 is 0 Å². The van der Waals surface area contributed by atoms with Crippen molar-refractivity contribution in [1.82, 2.24) is 15.3 Å². The van der Waals surface area contributed by atoms with Crippen molar-refractivity contribution in [1.29, 1.82) is 0 Å². The van der Waals surface area contributed by atoms with Crippen molar-refractivity contribution >= 4 is 17.6 Å². The van der Waals surface area contributed by atoms with E-state index in [9.17, 15) is 0 Å². The number of nitrogens with two attached hydrogens (primary N) is 1. The first-order chi connectivity index (χ1) is 12.8. The number of hydrogen-bond donors (Lipinski definition) is 2. The Hall–Kier alpha value is -2.62. The fourth-order valence-electron chi connectivity index (χ4n) is 4.28. The first kappa shape index (κ1) is 17.8. The number of fused-ring (bicyclic) bond motifs is 1. The molecule has 1 fully saturated rings. The van der Waals surface area contributed by atoms with Crippen LogP contribution in [0.1, 0.15) is 61.1 Å². The van der Waals surface area contributed by atoms with Crippen molar-refractivity contribution in [2.45, 2.75) is 57.4 Å². The Bertz CT molecular complexity index is 939. The summed E-state index contributed by atoms with van der Waals surface area (Å²) in [5.74, 6) is 0.564. The first-order valence-corrected chi connectivity index (χ1v) is 9.66. The Morgan fingerprint density at radius 3 is 2.67 bits per heavy atom. The zero-order valence-corrected chi connectivity index (χ0v) is 16.5. The summed E-state index contributed by atoms with van der Waals surface area (Å²) >= 11 is 0. The molecule has 2 aliphatic rings. The quantitative estimate of drug-likeness (QED) is 0.848. The van der Waals surface area contributed by atoms with Crippen molar-refractivity contribution in [3.8, 4) is 0 Å². The standard InChI is InChI=1S/C23H28N4/c1-15(27-23(4)7-5-8-23)18-10-20(16(2)25-13-18)22(3)9-6-17-11-21(24)26-14-19(17)12-22/h6,9-11,13-14,27H,1,5,7-8,12H2,2-4H3,(H2,24,26). The molecule has 27 heavy (non-hydrogen) atoms. The second kappa shape index (κ2) is 6.22. The summed E-state index contributed by atoms with van der Waals surface area (Å²) in [4.78, 5) is 8.97. The maximum atomic E-state index is 5.83. The maximum absolute atomic E-state index is 5.83. The molecule has 0 amide bonds. The molecule has 0 aliphatic heterocycles. The molecule has 0 bridgehead atoms. The summed E-state index contributed by atoms with van der Waals surface area (Å²) in [6.45, 7) is 10.9. The van der Waals surface area contributed by atoms with Gasteiger partial charge in [-0.25, -0.2) is 4.98 Å². The largest absolute Gasteiger partial charge is 0.384 e. The van der Waals surface area contributed by atoms with Crippen LogP contribution in [-0.4, -0.2) is 15.5 Å². The zero-order valence-electron chi connectivity index (χ0n) is 16.5. The van der Waals surface area contributed by atoms with Gasteiger partial charge in [0.25, 0.3) is 0 Å². The molecule has 2 heterocycles. The Morgan fingerprint density at radius 1 is 1.19 bits per heavy atom. The molecule has 2 aliphatic carbocycles. The number of anilines is 1. The number of nitrogens with one attached hydrogen (secondary N) is 1. The van der Waals surface area contributed by atoms with Crippen molar-refractivity contribution in [2.24, 2.45) is 0 Å². The van der Waals surface area contributed by atoms with E-state index in [0.717, 1.165) is 28.9 Å². The van der Waals surface area contributed by atoms with E-state index >= 15 is 0 Å². The number of nitrogen functional groups attached to an aromatic ring is 1. The molecule has 0 spiro atoms. The van der Waals surface area contributed by atoms with Crippen LogP contribution in [0.15, 0.2) is 37.2 Å². The summed E-state index contributed by atoms with van der Waals surface area (Å²) in [5, 5.41) is 3.62. The molecule has 1 saturated carbocycles. The molecule has 140 valence electrons. The van der Waals surface area contributed by atoms with Crippen molar-refractivity contribution in [3.05, 3.63) is 65.1 Å². The van der Waals surface area contributed by atoms with Gasteiger partial charge in [0.2, 0.25) is 0 Å². The Morgan fingerprint density at radius 2 is 1.96 bits per heavy atom. The van der Waals surface area contributed by atoms with Gasteiger partial charge < -0.3 is 11.1 Å². The smallest absolute Gasteiger partial charge is 0.123 e. The van der Waals surface area contributed by atoms with Crippen LogP contribution in [-0.2, 0) is 11.8 Å². The monoisotopic (exact) mass is 360 g/mol. The number of pyridine rings is 2. The summed E-state index contributed by atoms with van der Waals surface area (Å²) in [6.07, 6.45) is 12.8. The molecule has 3 N–H and O–H groups in total. The minimum absolute atomic E-state index is 0.126. The lowest BCUT2D eigenvalue weighted by atomic mass is 9.72. The third kappa shape index (κ3) is 3.25. The van der Waals surface area contributed by atoms with E-state index in [1.807, 2.05) is 18.5 Å². The van der Waals surface area contributed by atoms with E-state index in [4.69, 9.17) is 10.7 Å². The van der Waals surface area contributed by atoms with Crippen LogP contribution in [0.3, 0.4) is 0 Å². The third-order valence-electron chi connectivity index (χ3n) is 6.19. The number of allylic oxidation sites excluding steroid dienone is 1. The molecule has 2 aromatic rings. The van der Waals surface area contributed by atoms with Crippen molar-refractivity contribution in [2.75, 3.05) is 5.73 Å². The molecule has 2 aromatic heterocycles. The van der Waals surface area contributed by atoms with Gasteiger partial charge in [0.05, 0.1) is 0 Å². The molecule has 0 radical (unpaired) electrons. The highest BCUT2D eigenvalue weighted by atomic mass is 15.0. The molecule has 4 heteroatoms. The molecule has 0 saturated heterocycles. The predicted molar refractivity (Wildman–Crippen MR) is 112 cm³/mol. The minimum atomic E-state index is -0.126. The van der Waals surface area contributed by atoms with Gasteiger partial charge in [0.15, 0.2) is 0 Å². The Labute approximate surface area is 161 Å². The van der Waals surface area contributed by atoms with Gasteiger partial charge in [0.1, 0.15) is 5.82 Å². The SMILES string of the molecule is C=C(NC1(C)CCC1)c1cnc(C)c(C2(C)C=Cc3cc(N)ncc3C2)c1. The van der Waals surface area contributed by atoms with Crippen LogP contribution in [0.5, 0.6) is 0 Å². The summed E-state index contributed by atoms with van der Waals surface area (Å²) in [7, 11) is 0. The van der Waals surface area contributed by atoms with Crippen LogP contribution in [0.2, 0.25) is 0 Å². The molecular formula is C23H28N4. The van der Waals surface area contributed by atoms with E-state index in [2.05, 4.69) is 55.9 Å². The van der Waals surface area contributed by atoms with Gasteiger partial charge in [-0.05, 0) is 68.4 Å². The molecule has 4 rings (SSSR count). The van der Waals surface area contributed by atoms with E-state index in [1.165, 1.54) is 30.4 Å². The van der Waals surface area contributed by atoms with E-state index in [0.29, 0.717) is 5.82 Å². The van der Waals surface area contributed by atoms with Gasteiger partial charge in [-0.3, -0.25) is 4.98 Å². The lowest BCUT2D eigenvalue weighted by Crippen LogP contribution is -2.46. The number of aryl methyl sites for hydroxylation is 1. The Balaban J connectivity index is 1.65. The summed E-state index contributed by atoms with van der Waals surface area (Å²) in [6, 6.07) is 4.19. The van der Waals surface area contributed by atoms with Gasteiger partial charge in [-0.2, -0.15) is 0 Å². The number of nitrogens with zero attached hydrogens (tertiary/aromatic N) is 2. The van der Waals surface area contributed by atoms with Crippen LogP contribution in [0, 0.1) is 6.92 Å². The average molecular weight is 361 g/mol. The first-order valence-electron chi connectivity index (χ1n) is 9.66. The van der Waals surface area contributed by atoms with E-state index in [1.54, 1.807) is 0 Å². The lowest BCUT2D eigenvalue weighted by molar-refractivity contribution is 0.239. The number of rotatable bonds is 4. The molecular weight excluding hydrogens is 332 g/mol. The number of hydrogen-bond acceptors (Lipinski definition) is 4. The zero-order chi connectivity index (χ0) is 19.2. The van der Waals surface area contributed by atoms with Crippen LogP contribution < -0.4 is 11.1 Å². The number of aromatic nitrogens is 2. The summed E-state index contributed by atoms with van der Waals surface area (Å²) in [5.41, 5.74) is 12.6. The fourth-order valence-corrected chi connectivity index (χ4v) is 4.28. The fraction of sp³-hybridized carbons (Fsp3) is 0.391. The lowest BCUT2D eigenvalue weighted by Gasteiger charge is -2.41. The second-order valence-corrected chi connectivity index (χ2v) is 8.61. The third-order valence-corrected chi connectivity index (χ3v) is 6.19. The topological polar surface area (TPSA) is 63.8 Å². The minimum Gasteiger partial charge on any atom is -0.384 e. The van der Waals surface area contributed by atoms with Crippen LogP contribution in [0.25, 0.3) is 11.8 Å². The Kier molecular flexibility index (Phi) is 4.10. The normalized spacial score (nSPS) is 22.6. The highest BCUT2D eigenvalue weighted by molar-refractivity contribution is 5.66. The van der Waals surface area contributed by atoms with Crippen molar-refractivity contribution in [3.63, 3.8) is 0 Å². The highest BCUT2D eigenvalue weighted by Crippen LogP contribution is 2.38. The molecule has 1 unspecified atom stereocenters. The second-order valence-electron chi connectivity index (χ2n) is 8.61.